The van der Waals surface area contributed by atoms with Gasteiger partial charge in [0.1, 0.15) is 36.4 Å². The Morgan fingerprint density at radius 2 is 1.50 bits per heavy atom. The fourth-order valence-electron chi connectivity index (χ4n) is 3.36. The first kappa shape index (κ1) is 27.5. The van der Waals surface area contributed by atoms with Crippen LogP contribution < -0.4 is 14.8 Å². The Morgan fingerprint density at radius 1 is 0.868 bits per heavy atom. The number of nitrogens with one attached hydrogen (secondary N) is 1. The van der Waals surface area contributed by atoms with Gasteiger partial charge >= 0.3 is 0 Å². The Labute approximate surface area is 242 Å². The van der Waals surface area contributed by atoms with Crippen molar-refractivity contribution in [3.8, 4) is 17.6 Å². The van der Waals surface area contributed by atoms with Crippen molar-refractivity contribution < 1.29 is 14.3 Å². The average Bonchev–Trinajstić information content (AvgIpc) is 2.92. The van der Waals surface area contributed by atoms with Crippen molar-refractivity contribution in [3.05, 3.63) is 127 Å². The van der Waals surface area contributed by atoms with E-state index in [0.29, 0.717) is 45.5 Å². The fourth-order valence-corrected chi connectivity index (χ4v) is 4.26. The zero-order valence-corrected chi connectivity index (χ0v) is 23.9. The van der Waals surface area contributed by atoms with Crippen LogP contribution in [0.2, 0.25) is 5.02 Å². The molecule has 0 saturated carbocycles. The van der Waals surface area contributed by atoms with Crippen LogP contribution >= 0.6 is 43.5 Å². The van der Waals surface area contributed by atoms with Gasteiger partial charge in [-0.1, -0.05) is 57.9 Å². The van der Waals surface area contributed by atoms with Crippen LogP contribution in [-0.4, -0.2) is 5.91 Å². The molecule has 0 aliphatic rings. The number of anilines is 1. The molecule has 0 radical (unpaired) electrons. The maximum atomic E-state index is 12.7. The smallest absolute Gasteiger partial charge is 0.266 e. The van der Waals surface area contributed by atoms with Crippen LogP contribution in [0.5, 0.6) is 11.5 Å². The van der Waals surface area contributed by atoms with E-state index in [1.807, 2.05) is 54.6 Å². The minimum absolute atomic E-state index is 0.0257. The highest BCUT2D eigenvalue weighted by Gasteiger charge is 2.11. The van der Waals surface area contributed by atoms with Crippen molar-refractivity contribution >= 4 is 61.1 Å². The van der Waals surface area contributed by atoms with E-state index >= 15 is 0 Å². The number of nitriles is 1. The van der Waals surface area contributed by atoms with E-state index < -0.39 is 5.91 Å². The summed E-state index contributed by atoms with van der Waals surface area (Å²) in [5.41, 5.74) is 3.24. The number of halogens is 3. The molecule has 0 bridgehead atoms. The Balaban J connectivity index is 1.34. The molecule has 0 spiro atoms. The van der Waals surface area contributed by atoms with Gasteiger partial charge in [0.05, 0.1) is 4.47 Å². The maximum Gasteiger partial charge on any atom is 0.266 e. The van der Waals surface area contributed by atoms with E-state index in [4.69, 9.17) is 21.1 Å². The summed E-state index contributed by atoms with van der Waals surface area (Å²) in [5, 5.41) is 13.0. The molecule has 0 unspecified atom stereocenters. The molecule has 0 fully saturated rings. The van der Waals surface area contributed by atoms with Crippen molar-refractivity contribution in [2.45, 2.75) is 13.2 Å². The van der Waals surface area contributed by atoms with Crippen LogP contribution in [0.25, 0.3) is 6.08 Å². The summed E-state index contributed by atoms with van der Waals surface area (Å²) in [6.45, 7) is 0.811. The molecule has 8 heteroatoms. The van der Waals surface area contributed by atoms with Gasteiger partial charge in [0.15, 0.2) is 0 Å². The standard InChI is InChI=1S/C30H21Br2ClN2O3/c31-24-6-1-20(2-7-24)18-37-27-12-10-26(11-13-27)35-30(36)23(17-34)15-22-5-14-29(28(32)16-22)38-19-21-3-8-25(33)9-4-21/h1-16H,18-19H2,(H,35,36)/b23-15+. The van der Waals surface area contributed by atoms with Gasteiger partial charge in [-0.2, -0.15) is 5.26 Å². The molecule has 0 aliphatic carbocycles. The lowest BCUT2D eigenvalue weighted by Crippen LogP contribution is -2.13. The monoisotopic (exact) mass is 650 g/mol. The highest BCUT2D eigenvalue weighted by atomic mass is 79.9. The molecule has 1 N–H and O–H groups in total. The zero-order valence-electron chi connectivity index (χ0n) is 20.0. The minimum Gasteiger partial charge on any atom is -0.489 e. The van der Waals surface area contributed by atoms with Gasteiger partial charge < -0.3 is 14.8 Å². The largest absolute Gasteiger partial charge is 0.489 e. The first-order valence-corrected chi connectivity index (χ1v) is 13.4. The van der Waals surface area contributed by atoms with Crippen molar-refractivity contribution in [2.75, 3.05) is 5.32 Å². The van der Waals surface area contributed by atoms with Gasteiger partial charge in [-0.05, 0) is 99.4 Å². The number of benzene rings is 4. The molecule has 5 nitrogen and oxygen atoms in total. The number of carbonyl (C=O) groups is 1. The van der Waals surface area contributed by atoms with Crippen molar-refractivity contribution in [1.29, 1.82) is 5.26 Å². The van der Waals surface area contributed by atoms with E-state index in [-0.39, 0.29) is 5.57 Å². The topological polar surface area (TPSA) is 71.3 Å². The molecule has 4 rings (SSSR count). The SMILES string of the molecule is N#C/C(=C\c1ccc(OCc2ccc(Cl)cc2)c(Br)c1)C(=O)Nc1ccc(OCc2ccc(Br)cc2)cc1. The highest BCUT2D eigenvalue weighted by molar-refractivity contribution is 9.10. The van der Waals surface area contributed by atoms with Gasteiger partial charge in [-0.25, -0.2) is 0 Å². The Morgan fingerprint density at radius 3 is 2.13 bits per heavy atom. The van der Waals surface area contributed by atoms with Gasteiger partial charge in [0, 0.05) is 15.2 Å². The van der Waals surface area contributed by atoms with E-state index in [0.717, 1.165) is 15.6 Å². The van der Waals surface area contributed by atoms with E-state index in [1.165, 1.54) is 6.08 Å². The lowest BCUT2D eigenvalue weighted by Gasteiger charge is -2.10. The first-order valence-electron chi connectivity index (χ1n) is 11.5. The maximum absolute atomic E-state index is 12.7. The molecule has 4 aromatic carbocycles. The summed E-state index contributed by atoms with van der Waals surface area (Å²) in [6.07, 6.45) is 1.53. The first-order chi connectivity index (χ1) is 18.4. The van der Waals surface area contributed by atoms with Crippen molar-refractivity contribution in [3.63, 3.8) is 0 Å². The van der Waals surface area contributed by atoms with Crippen molar-refractivity contribution in [1.82, 2.24) is 0 Å². The predicted molar refractivity (Wildman–Crippen MR) is 157 cm³/mol. The third-order valence-electron chi connectivity index (χ3n) is 5.37. The van der Waals surface area contributed by atoms with Crippen LogP contribution in [0.15, 0.2) is 106 Å². The van der Waals surface area contributed by atoms with Crippen LogP contribution in [0.4, 0.5) is 5.69 Å². The number of ether oxygens (including phenoxy) is 2. The van der Waals surface area contributed by atoms with Gasteiger partial charge in [0.2, 0.25) is 0 Å². The summed E-state index contributed by atoms with van der Waals surface area (Å²) >= 11 is 12.8. The third kappa shape index (κ3) is 7.96. The molecular formula is C30H21Br2ClN2O3. The molecule has 1 amide bonds. The summed E-state index contributed by atoms with van der Waals surface area (Å²) in [4.78, 5) is 12.7. The number of rotatable bonds is 9. The summed E-state index contributed by atoms with van der Waals surface area (Å²) in [7, 11) is 0. The molecule has 0 heterocycles. The number of carbonyl (C=O) groups excluding carboxylic acids is 1. The number of hydrogen-bond donors (Lipinski definition) is 1. The molecule has 0 saturated heterocycles. The second kappa shape index (κ2) is 13.3. The predicted octanol–water partition coefficient (Wildman–Crippen LogP) is 8.57. The van der Waals surface area contributed by atoms with Crippen LogP contribution in [-0.2, 0) is 18.0 Å². The van der Waals surface area contributed by atoms with Crippen LogP contribution in [0.3, 0.4) is 0 Å². The molecule has 190 valence electrons. The van der Waals surface area contributed by atoms with Gasteiger partial charge in [-0.15, -0.1) is 0 Å². The molecule has 0 aromatic heterocycles. The summed E-state index contributed by atoms with van der Waals surface area (Å²) < 4.78 is 13.4. The van der Waals surface area contributed by atoms with E-state index in [2.05, 4.69) is 37.2 Å². The van der Waals surface area contributed by atoms with Gasteiger partial charge in [0.25, 0.3) is 5.91 Å². The number of amides is 1. The summed E-state index contributed by atoms with van der Waals surface area (Å²) in [5.74, 6) is 0.808. The second-order valence-corrected chi connectivity index (χ2v) is 10.4. The van der Waals surface area contributed by atoms with Crippen LogP contribution in [0, 0.1) is 11.3 Å². The lowest BCUT2D eigenvalue weighted by atomic mass is 10.1. The third-order valence-corrected chi connectivity index (χ3v) is 6.77. The quantitative estimate of drug-likeness (QED) is 0.145. The van der Waals surface area contributed by atoms with Crippen molar-refractivity contribution in [2.24, 2.45) is 0 Å². The summed E-state index contributed by atoms with van der Waals surface area (Å²) in [6, 6.07) is 29.6. The normalized spacial score (nSPS) is 10.9. The highest BCUT2D eigenvalue weighted by Crippen LogP contribution is 2.28. The zero-order chi connectivity index (χ0) is 26.9. The van der Waals surface area contributed by atoms with E-state index in [1.54, 1.807) is 42.5 Å². The molecule has 4 aromatic rings. The molecule has 38 heavy (non-hydrogen) atoms. The number of nitrogens with zero attached hydrogens (tertiary/aromatic N) is 1. The van der Waals surface area contributed by atoms with Crippen LogP contribution in [0.1, 0.15) is 16.7 Å². The molecule has 0 aliphatic heterocycles. The lowest BCUT2D eigenvalue weighted by molar-refractivity contribution is -0.112. The minimum atomic E-state index is -0.504. The molecule has 0 atom stereocenters. The Kier molecular flexibility index (Phi) is 9.61. The molecular weight excluding hydrogens is 632 g/mol. The number of hydrogen-bond acceptors (Lipinski definition) is 4. The average molecular weight is 653 g/mol. The van der Waals surface area contributed by atoms with E-state index in [9.17, 15) is 10.1 Å². The Hall–Kier alpha value is -3.57. The second-order valence-electron chi connectivity index (χ2n) is 8.17. The van der Waals surface area contributed by atoms with Gasteiger partial charge in [-0.3, -0.25) is 4.79 Å². The fraction of sp³-hybridized carbons (Fsp3) is 0.0667. The Bertz CT molecular complexity index is 1480.